The Bertz CT molecular complexity index is 1420. The van der Waals surface area contributed by atoms with E-state index in [4.69, 9.17) is 0 Å². The van der Waals surface area contributed by atoms with Crippen molar-refractivity contribution in [2.45, 2.75) is 0 Å². The van der Waals surface area contributed by atoms with E-state index in [0.717, 1.165) is 0 Å². The second-order valence-corrected chi connectivity index (χ2v) is 7.40. The van der Waals surface area contributed by atoms with Gasteiger partial charge in [0.05, 0.1) is 17.1 Å². The average Bonchev–Trinajstić information content (AvgIpc) is 2.74. The van der Waals surface area contributed by atoms with E-state index >= 15 is 0 Å². The Labute approximate surface area is 157 Å². The fourth-order valence-corrected chi connectivity index (χ4v) is 5.03. The molecule has 7 rings (SSSR count). The van der Waals surface area contributed by atoms with E-state index in [9.17, 15) is 0 Å². The van der Waals surface area contributed by atoms with Crippen LogP contribution in [0, 0.1) is 0 Å². The highest BCUT2D eigenvalue weighted by Crippen LogP contribution is 2.58. The highest BCUT2D eigenvalue weighted by atomic mass is 15.2. The van der Waals surface area contributed by atoms with E-state index in [1.807, 2.05) is 0 Å². The lowest BCUT2D eigenvalue weighted by atomic mass is 9.83. The first-order chi connectivity index (χ1) is 13.4. The largest absolute Gasteiger partial charge is 0.308 e. The summed E-state index contributed by atoms with van der Waals surface area (Å²) in [4.78, 5) is 2.48. The van der Waals surface area contributed by atoms with Gasteiger partial charge in [-0.3, -0.25) is 0 Å². The Morgan fingerprint density at radius 2 is 1.04 bits per heavy atom. The van der Waals surface area contributed by atoms with Crippen molar-refractivity contribution in [2.24, 2.45) is 0 Å². The maximum Gasteiger partial charge on any atom is 0.0625 e. The molecule has 2 heterocycles. The molecule has 0 fully saturated rings. The second-order valence-electron chi connectivity index (χ2n) is 7.40. The zero-order valence-electron chi connectivity index (χ0n) is 14.6. The SMILES string of the molecule is c1ccc2c(c1)-c1cccc3ccc4c(c13)N2c1cccc2cccc-4c12. The number of rotatable bonds is 0. The van der Waals surface area contributed by atoms with Crippen LogP contribution >= 0.6 is 0 Å². The summed E-state index contributed by atoms with van der Waals surface area (Å²) < 4.78 is 0. The van der Waals surface area contributed by atoms with E-state index in [1.165, 1.54) is 60.9 Å². The monoisotopic (exact) mass is 341 g/mol. The third-order valence-corrected chi connectivity index (χ3v) is 6.09. The number of hydrogen-bond acceptors (Lipinski definition) is 1. The fraction of sp³-hybridized carbons (Fsp3) is 0. The van der Waals surface area contributed by atoms with Gasteiger partial charge in [-0.1, -0.05) is 78.9 Å². The summed E-state index contributed by atoms with van der Waals surface area (Å²) in [6.45, 7) is 0. The van der Waals surface area contributed by atoms with Gasteiger partial charge in [0.15, 0.2) is 0 Å². The molecule has 0 unspecified atom stereocenters. The second kappa shape index (κ2) is 4.57. The van der Waals surface area contributed by atoms with Crippen molar-refractivity contribution in [2.75, 3.05) is 4.90 Å². The molecule has 0 saturated carbocycles. The third kappa shape index (κ3) is 1.52. The molecule has 0 N–H and O–H groups in total. The summed E-state index contributed by atoms with van der Waals surface area (Å²) in [5.74, 6) is 0. The van der Waals surface area contributed by atoms with Crippen LogP contribution in [0.5, 0.6) is 0 Å². The van der Waals surface area contributed by atoms with Gasteiger partial charge in [-0.15, -0.1) is 0 Å². The molecule has 0 saturated heterocycles. The summed E-state index contributed by atoms with van der Waals surface area (Å²) in [5.41, 5.74) is 9.19. The zero-order chi connectivity index (χ0) is 17.5. The normalized spacial score (nSPS) is 13.1. The molecule has 1 heteroatoms. The Balaban J connectivity index is 1.81. The number of nitrogens with zero attached hydrogens (tertiary/aromatic N) is 1. The Morgan fingerprint density at radius 1 is 0.407 bits per heavy atom. The van der Waals surface area contributed by atoms with Crippen LogP contribution < -0.4 is 4.90 Å². The predicted octanol–water partition coefficient (Wildman–Crippen LogP) is 7.42. The smallest absolute Gasteiger partial charge is 0.0625 e. The maximum absolute atomic E-state index is 2.48. The Kier molecular flexibility index (Phi) is 2.30. The van der Waals surface area contributed by atoms with Crippen LogP contribution in [0.2, 0.25) is 0 Å². The fourth-order valence-electron chi connectivity index (χ4n) is 5.03. The van der Waals surface area contributed by atoms with Gasteiger partial charge in [0.25, 0.3) is 0 Å². The zero-order valence-corrected chi connectivity index (χ0v) is 14.6. The van der Waals surface area contributed by atoms with Crippen LogP contribution in [0.3, 0.4) is 0 Å². The quantitative estimate of drug-likeness (QED) is 0.277. The number of para-hydroxylation sites is 1. The van der Waals surface area contributed by atoms with Crippen LogP contribution in [0.25, 0.3) is 43.8 Å². The summed E-state index contributed by atoms with van der Waals surface area (Å²) >= 11 is 0. The molecule has 0 atom stereocenters. The van der Waals surface area contributed by atoms with Crippen molar-refractivity contribution in [3.63, 3.8) is 0 Å². The molecule has 0 aliphatic carbocycles. The molecule has 5 aromatic rings. The molecule has 2 aliphatic heterocycles. The van der Waals surface area contributed by atoms with Crippen molar-refractivity contribution >= 4 is 38.6 Å². The maximum atomic E-state index is 2.48. The summed E-state index contributed by atoms with van der Waals surface area (Å²) in [6.07, 6.45) is 0. The van der Waals surface area contributed by atoms with Gasteiger partial charge in [0.1, 0.15) is 0 Å². The predicted molar refractivity (Wildman–Crippen MR) is 114 cm³/mol. The molecule has 0 radical (unpaired) electrons. The van der Waals surface area contributed by atoms with E-state index in [2.05, 4.69) is 95.9 Å². The van der Waals surface area contributed by atoms with Crippen molar-refractivity contribution in [1.82, 2.24) is 0 Å². The standard InChI is InChI=1S/C26H15N/c1-2-12-22-18(9-1)19-10-4-7-17-14-15-21-20-11-3-6-16-8-5-13-23(24(16)20)27(22)26(21)25(17)19/h1-15H. The van der Waals surface area contributed by atoms with Crippen LogP contribution in [-0.4, -0.2) is 0 Å². The van der Waals surface area contributed by atoms with E-state index in [-0.39, 0.29) is 0 Å². The first-order valence-corrected chi connectivity index (χ1v) is 9.39. The summed E-state index contributed by atoms with van der Waals surface area (Å²) in [5, 5.41) is 5.31. The molecule has 0 aromatic heterocycles. The van der Waals surface area contributed by atoms with Crippen LogP contribution in [0.15, 0.2) is 91.0 Å². The van der Waals surface area contributed by atoms with Crippen LogP contribution in [0.1, 0.15) is 0 Å². The molecule has 2 aliphatic rings. The lowest BCUT2D eigenvalue weighted by Crippen LogP contribution is -2.18. The first-order valence-electron chi connectivity index (χ1n) is 9.39. The average molecular weight is 341 g/mol. The van der Waals surface area contributed by atoms with Crippen molar-refractivity contribution in [3.05, 3.63) is 91.0 Å². The van der Waals surface area contributed by atoms with Gasteiger partial charge >= 0.3 is 0 Å². The molecule has 124 valence electrons. The molecule has 1 nitrogen and oxygen atoms in total. The minimum Gasteiger partial charge on any atom is -0.308 e. The highest BCUT2D eigenvalue weighted by Gasteiger charge is 2.32. The van der Waals surface area contributed by atoms with E-state index in [1.54, 1.807) is 0 Å². The Hall–Kier alpha value is -3.58. The number of benzene rings is 5. The van der Waals surface area contributed by atoms with Gasteiger partial charge in [0, 0.05) is 21.9 Å². The summed E-state index contributed by atoms with van der Waals surface area (Å²) in [7, 11) is 0. The van der Waals surface area contributed by atoms with Gasteiger partial charge in [-0.25, -0.2) is 0 Å². The molecule has 0 amide bonds. The van der Waals surface area contributed by atoms with Gasteiger partial charge < -0.3 is 4.90 Å². The molecule has 27 heavy (non-hydrogen) atoms. The minimum absolute atomic E-state index is 1.27. The van der Waals surface area contributed by atoms with E-state index in [0.29, 0.717) is 0 Å². The molecule has 0 bridgehead atoms. The minimum atomic E-state index is 1.27. The van der Waals surface area contributed by atoms with Gasteiger partial charge in [-0.2, -0.15) is 0 Å². The summed E-state index contributed by atoms with van der Waals surface area (Å²) in [6, 6.07) is 33.4. The lowest BCUT2D eigenvalue weighted by molar-refractivity contribution is 1.29. The first kappa shape index (κ1) is 13.6. The van der Waals surface area contributed by atoms with Crippen molar-refractivity contribution in [3.8, 4) is 22.3 Å². The van der Waals surface area contributed by atoms with E-state index < -0.39 is 0 Å². The van der Waals surface area contributed by atoms with Gasteiger partial charge in [-0.05, 0) is 34.0 Å². The molecule has 0 spiro atoms. The topological polar surface area (TPSA) is 3.24 Å². The lowest BCUT2D eigenvalue weighted by Gasteiger charge is -2.38. The van der Waals surface area contributed by atoms with Crippen molar-refractivity contribution < 1.29 is 0 Å². The van der Waals surface area contributed by atoms with Crippen LogP contribution in [-0.2, 0) is 0 Å². The number of hydrogen-bond donors (Lipinski definition) is 0. The molecular formula is C26H15N. The molecular weight excluding hydrogens is 326 g/mol. The molecule has 5 aromatic carbocycles. The number of fused-ring (bicyclic) bond motifs is 5. The highest BCUT2D eigenvalue weighted by molar-refractivity contribution is 6.24. The number of anilines is 3. The van der Waals surface area contributed by atoms with Crippen LogP contribution in [0.4, 0.5) is 17.1 Å². The third-order valence-electron chi connectivity index (χ3n) is 6.09. The van der Waals surface area contributed by atoms with Gasteiger partial charge in [0.2, 0.25) is 0 Å². The Morgan fingerprint density at radius 3 is 1.89 bits per heavy atom. The van der Waals surface area contributed by atoms with Crippen molar-refractivity contribution in [1.29, 1.82) is 0 Å².